The molecule has 0 aliphatic rings. The van der Waals surface area contributed by atoms with Gasteiger partial charge in [0.05, 0.1) is 21.4 Å². The lowest BCUT2D eigenvalue weighted by Crippen LogP contribution is -2.32. The molecule has 0 atom stereocenters. The van der Waals surface area contributed by atoms with E-state index in [4.69, 9.17) is 10.5 Å². The van der Waals surface area contributed by atoms with Crippen LogP contribution in [0.25, 0.3) is 10.9 Å². The summed E-state index contributed by atoms with van der Waals surface area (Å²) in [7, 11) is -3.65. The predicted octanol–water partition coefficient (Wildman–Crippen LogP) is 1.27. The van der Waals surface area contributed by atoms with Crippen molar-refractivity contribution >= 4 is 32.8 Å². The quantitative estimate of drug-likeness (QED) is 0.462. The zero-order chi connectivity index (χ0) is 24.2. The lowest BCUT2D eigenvalue weighted by molar-refractivity contribution is -0.118. The summed E-state index contributed by atoms with van der Waals surface area (Å²) in [5.74, 6) is -1.42. The SMILES string of the molecule is CCN(CC)S(=O)(=O)c1ccc(C(=O)OCc2nc3ccccc3c(=O)n2CC(N)=O)cc1. The Bertz CT molecular complexity index is 1350. The predicted molar refractivity (Wildman–Crippen MR) is 121 cm³/mol. The van der Waals surface area contributed by atoms with E-state index in [1.165, 1.54) is 28.6 Å². The molecular weight excluding hydrogens is 448 g/mol. The van der Waals surface area contributed by atoms with Crippen molar-refractivity contribution in [2.75, 3.05) is 13.1 Å². The first-order valence-corrected chi connectivity index (χ1v) is 11.7. The average molecular weight is 473 g/mol. The van der Waals surface area contributed by atoms with Crippen LogP contribution in [0.2, 0.25) is 0 Å². The number of esters is 1. The summed E-state index contributed by atoms with van der Waals surface area (Å²) in [6.07, 6.45) is 0. The van der Waals surface area contributed by atoms with Crippen LogP contribution in [0.3, 0.4) is 0 Å². The third kappa shape index (κ3) is 5.10. The number of carbonyl (C=O) groups is 2. The highest BCUT2D eigenvalue weighted by Crippen LogP contribution is 2.17. The Kier molecular flexibility index (Phi) is 7.24. The van der Waals surface area contributed by atoms with Crippen LogP contribution in [0.5, 0.6) is 0 Å². The normalized spacial score (nSPS) is 11.6. The number of aromatic nitrogens is 2. The van der Waals surface area contributed by atoms with Gasteiger partial charge in [-0.25, -0.2) is 18.2 Å². The van der Waals surface area contributed by atoms with Crippen molar-refractivity contribution in [1.29, 1.82) is 0 Å². The Morgan fingerprint density at radius 1 is 1.06 bits per heavy atom. The van der Waals surface area contributed by atoms with Crippen LogP contribution < -0.4 is 11.3 Å². The second-order valence-corrected chi connectivity index (χ2v) is 9.03. The van der Waals surface area contributed by atoms with Crippen molar-refractivity contribution in [2.24, 2.45) is 5.73 Å². The summed E-state index contributed by atoms with van der Waals surface area (Å²) in [5.41, 5.74) is 5.29. The molecule has 0 unspecified atom stereocenters. The number of carbonyl (C=O) groups excluding carboxylic acids is 2. The van der Waals surface area contributed by atoms with Crippen molar-refractivity contribution in [3.63, 3.8) is 0 Å². The minimum absolute atomic E-state index is 0.0616. The van der Waals surface area contributed by atoms with Crippen LogP contribution in [0, 0.1) is 0 Å². The third-order valence-corrected chi connectivity index (χ3v) is 7.08. The molecule has 0 aliphatic heterocycles. The molecule has 1 amide bonds. The molecule has 3 rings (SSSR count). The second kappa shape index (κ2) is 9.92. The zero-order valence-electron chi connectivity index (χ0n) is 18.2. The summed E-state index contributed by atoms with van der Waals surface area (Å²) in [6, 6.07) is 12.0. The van der Waals surface area contributed by atoms with Gasteiger partial charge < -0.3 is 10.5 Å². The van der Waals surface area contributed by atoms with Crippen LogP contribution in [-0.2, 0) is 32.7 Å². The number of nitrogens with zero attached hydrogens (tertiary/aromatic N) is 3. The number of benzene rings is 2. The maximum absolute atomic E-state index is 12.7. The lowest BCUT2D eigenvalue weighted by Gasteiger charge is -2.18. The number of fused-ring (bicyclic) bond motifs is 1. The number of hydrogen-bond donors (Lipinski definition) is 1. The number of nitrogens with two attached hydrogens (primary N) is 1. The van der Waals surface area contributed by atoms with Crippen molar-refractivity contribution in [3.05, 3.63) is 70.3 Å². The Balaban J connectivity index is 1.83. The molecule has 0 bridgehead atoms. The van der Waals surface area contributed by atoms with Crippen molar-refractivity contribution in [2.45, 2.75) is 31.9 Å². The largest absolute Gasteiger partial charge is 0.454 e. The molecule has 0 saturated heterocycles. The first-order chi connectivity index (χ1) is 15.7. The van der Waals surface area contributed by atoms with Gasteiger partial charge in [0, 0.05) is 13.1 Å². The molecule has 2 N–H and O–H groups in total. The minimum atomic E-state index is -3.65. The van der Waals surface area contributed by atoms with Crippen LogP contribution >= 0.6 is 0 Å². The molecular formula is C22H24N4O6S. The van der Waals surface area contributed by atoms with Gasteiger partial charge >= 0.3 is 5.97 Å². The summed E-state index contributed by atoms with van der Waals surface area (Å²) in [6.45, 7) is 3.34. The Morgan fingerprint density at radius 2 is 1.70 bits per heavy atom. The number of para-hydroxylation sites is 1. The number of ether oxygens (including phenoxy) is 1. The Hall–Kier alpha value is -3.57. The highest BCUT2D eigenvalue weighted by atomic mass is 32.2. The number of amides is 1. The smallest absolute Gasteiger partial charge is 0.338 e. The molecule has 0 saturated carbocycles. The molecule has 11 heteroatoms. The molecule has 1 heterocycles. The van der Waals surface area contributed by atoms with Crippen molar-refractivity contribution in [3.8, 4) is 0 Å². The molecule has 0 fully saturated rings. The number of sulfonamides is 1. The topological polar surface area (TPSA) is 142 Å². The molecule has 0 radical (unpaired) electrons. The van der Waals surface area contributed by atoms with Gasteiger partial charge in [0.2, 0.25) is 15.9 Å². The molecule has 174 valence electrons. The van der Waals surface area contributed by atoms with Gasteiger partial charge in [-0.3, -0.25) is 14.2 Å². The molecule has 1 aromatic heterocycles. The average Bonchev–Trinajstić information content (AvgIpc) is 2.80. The van der Waals surface area contributed by atoms with Crippen LogP contribution in [0.1, 0.15) is 30.0 Å². The molecule has 0 aliphatic carbocycles. The number of hydrogen-bond acceptors (Lipinski definition) is 7. The van der Waals surface area contributed by atoms with E-state index in [1.54, 1.807) is 38.1 Å². The zero-order valence-corrected chi connectivity index (χ0v) is 19.0. The van der Waals surface area contributed by atoms with Crippen LogP contribution in [0.15, 0.2) is 58.2 Å². The van der Waals surface area contributed by atoms with Gasteiger partial charge in [-0.15, -0.1) is 0 Å². The van der Waals surface area contributed by atoms with Gasteiger partial charge in [-0.2, -0.15) is 4.31 Å². The molecule has 10 nitrogen and oxygen atoms in total. The van der Waals surface area contributed by atoms with E-state index in [-0.39, 0.29) is 22.9 Å². The first kappa shape index (κ1) is 24.1. The van der Waals surface area contributed by atoms with Gasteiger partial charge in [-0.1, -0.05) is 26.0 Å². The van der Waals surface area contributed by atoms with Crippen molar-refractivity contribution in [1.82, 2.24) is 13.9 Å². The van der Waals surface area contributed by atoms with E-state index in [1.807, 2.05) is 0 Å². The van der Waals surface area contributed by atoms with Gasteiger partial charge in [0.1, 0.15) is 13.2 Å². The highest BCUT2D eigenvalue weighted by Gasteiger charge is 2.22. The molecule has 3 aromatic rings. The van der Waals surface area contributed by atoms with E-state index in [0.717, 1.165) is 4.57 Å². The van der Waals surface area contributed by atoms with Crippen molar-refractivity contribution < 1.29 is 22.7 Å². The maximum atomic E-state index is 12.7. The van der Waals surface area contributed by atoms with E-state index in [2.05, 4.69) is 4.98 Å². The van der Waals surface area contributed by atoms with Gasteiger partial charge in [0.25, 0.3) is 5.56 Å². The summed E-state index contributed by atoms with van der Waals surface area (Å²) >= 11 is 0. The summed E-state index contributed by atoms with van der Waals surface area (Å²) in [5, 5.41) is 0.304. The van der Waals surface area contributed by atoms with Crippen LogP contribution in [0.4, 0.5) is 0 Å². The van der Waals surface area contributed by atoms with Gasteiger partial charge in [-0.05, 0) is 36.4 Å². The summed E-state index contributed by atoms with van der Waals surface area (Å²) < 4.78 is 32.8. The van der Waals surface area contributed by atoms with E-state index in [9.17, 15) is 22.8 Å². The van der Waals surface area contributed by atoms with E-state index < -0.39 is 34.0 Å². The number of rotatable bonds is 9. The fraction of sp³-hybridized carbons (Fsp3) is 0.273. The summed E-state index contributed by atoms with van der Waals surface area (Å²) in [4.78, 5) is 41.1. The van der Waals surface area contributed by atoms with E-state index in [0.29, 0.717) is 24.0 Å². The highest BCUT2D eigenvalue weighted by molar-refractivity contribution is 7.89. The lowest BCUT2D eigenvalue weighted by atomic mass is 10.2. The monoisotopic (exact) mass is 472 g/mol. The van der Waals surface area contributed by atoms with E-state index >= 15 is 0 Å². The maximum Gasteiger partial charge on any atom is 0.338 e. The van der Waals surface area contributed by atoms with Crippen LogP contribution in [-0.4, -0.2) is 47.2 Å². The Morgan fingerprint density at radius 3 is 2.30 bits per heavy atom. The Labute approximate surface area is 190 Å². The number of primary amides is 1. The fourth-order valence-electron chi connectivity index (χ4n) is 3.33. The minimum Gasteiger partial charge on any atom is -0.454 e. The third-order valence-electron chi connectivity index (χ3n) is 5.02. The molecule has 2 aromatic carbocycles. The molecule has 0 spiro atoms. The fourth-order valence-corrected chi connectivity index (χ4v) is 4.79. The molecule has 33 heavy (non-hydrogen) atoms. The first-order valence-electron chi connectivity index (χ1n) is 10.2. The van der Waals surface area contributed by atoms with Gasteiger partial charge in [0.15, 0.2) is 5.82 Å². The standard InChI is InChI=1S/C22H24N4O6S/c1-3-25(4-2)33(30,31)16-11-9-15(10-12-16)22(29)32-14-20-24-18-8-6-5-7-17(18)21(28)26(20)13-19(23)27/h5-12H,3-4,13-14H2,1-2H3,(H2,23,27). The second-order valence-electron chi connectivity index (χ2n) is 7.09.